The Labute approximate surface area is 237 Å². The Balaban J connectivity index is 0.000000202. The van der Waals surface area contributed by atoms with Gasteiger partial charge in [0.15, 0.2) is 0 Å². The predicted octanol–water partition coefficient (Wildman–Crippen LogP) is 6.82. The van der Waals surface area contributed by atoms with Gasteiger partial charge in [0.2, 0.25) is 0 Å². The number of imidazole rings is 1. The third kappa shape index (κ3) is 7.04. The van der Waals surface area contributed by atoms with Gasteiger partial charge in [-0.05, 0) is 34.2 Å². The van der Waals surface area contributed by atoms with Crippen LogP contribution in [-0.2, 0) is 5.16 Å². The van der Waals surface area contributed by atoms with Crippen molar-refractivity contribution in [1.29, 1.82) is 0 Å². The highest BCUT2D eigenvalue weighted by Crippen LogP contribution is 2.33. The highest BCUT2D eigenvalue weighted by molar-refractivity contribution is 6.47. The smallest absolute Gasteiger partial charge is 0.130 e. The fourth-order valence-corrected chi connectivity index (χ4v) is 7.08. The molecule has 0 N–H and O–H groups in total. The monoisotopic (exact) mass is 524 g/mol. The van der Waals surface area contributed by atoms with Crippen molar-refractivity contribution in [2.24, 2.45) is 0 Å². The molecule has 4 aromatic carbocycles. The molecule has 1 heterocycles. The minimum absolute atomic E-state index is 0.136. The van der Waals surface area contributed by atoms with Gasteiger partial charge in [-0.2, -0.15) is 0 Å². The van der Waals surface area contributed by atoms with Crippen molar-refractivity contribution in [1.82, 2.24) is 9.55 Å². The number of nitrogens with zero attached hydrogens (tertiary/aromatic N) is 2. The average molecular weight is 525 g/mol. The van der Waals surface area contributed by atoms with E-state index in [1.807, 2.05) is 24.7 Å². The number of aromatic nitrogens is 2. The van der Waals surface area contributed by atoms with E-state index in [9.17, 15) is 0 Å². The van der Waals surface area contributed by atoms with Crippen molar-refractivity contribution >= 4 is 22.9 Å². The summed E-state index contributed by atoms with van der Waals surface area (Å²) >= 11 is 0. The third-order valence-corrected chi connectivity index (χ3v) is 9.28. The van der Waals surface area contributed by atoms with Crippen LogP contribution in [0, 0.1) is 0 Å². The van der Waals surface area contributed by atoms with Crippen LogP contribution in [0.2, 0.25) is 0 Å². The quantitative estimate of drug-likeness (QED) is 0.194. The second-order valence-electron chi connectivity index (χ2n) is 9.46. The Morgan fingerprint density at radius 2 is 1.26 bits per heavy atom. The molecule has 1 aromatic heterocycles. The van der Waals surface area contributed by atoms with Crippen molar-refractivity contribution in [2.75, 3.05) is 0 Å². The molecule has 5 rings (SSSR count). The van der Waals surface area contributed by atoms with Crippen LogP contribution >= 0.6 is 0 Å². The first-order valence-electron chi connectivity index (χ1n) is 13.8. The number of hydrogen-bond acceptors (Lipinski definition) is 1. The van der Waals surface area contributed by atoms with Gasteiger partial charge in [0.25, 0.3) is 0 Å². The summed E-state index contributed by atoms with van der Waals surface area (Å²) in [5.41, 5.74) is 8.95. The second-order valence-corrected chi connectivity index (χ2v) is 11.4. The molecule has 0 fully saturated rings. The molecule has 0 saturated carbocycles. The number of benzene rings is 4. The van der Waals surface area contributed by atoms with Crippen LogP contribution in [0.4, 0.5) is 0 Å². The Morgan fingerprint density at radius 1 is 0.769 bits per heavy atom. The normalized spacial score (nSPS) is 11.3. The van der Waals surface area contributed by atoms with Gasteiger partial charge in [-0.15, -0.1) is 11.7 Å². The summed E-state index contributed by atoms with van der Waals surface area (Å²) in [4.78, 5) is 4.34. The highest BCUT2D eigenvalue weighted by atomic mass is 28.2. The van der Waals surface area contributed by atoms with Crippen LogP contribution < -0.4 is 0 Å². The number of hydrogen-bond donors (Lipinski definition) is 0. The van der Waals surface area contributed by atoms with Gasteiger partial charge in [-0.1, -0.05) is 141 Å². The maximum atomic E-state index is 4.34. The lowest BCUT2D eigenvalue weighted by Gasteiger charge is -2.36. The summed E-state index contributed by atoms with van der Waals surface area (Å²) in [5.74, 6) is 2.16. The maximum Gasteiger partial charge on any atom is 0.130 e. The molecular weight excluding hydrogens is 487 g/mol. The fraction of sp³-hybridized carbons (Fsp3) is 0.114. The van der Waals surface area contributed by atoms with Crippen molar-refractivity contribution in [3.05, 3.63) is 180 Å². The molecule has 0 aliphatic heterocycles. The van der Waals surface area contributed by atoms with Gasteiger partial charge < -0.3 is 4.57 Å². The van der Waals surface area contributed by atoms with E-state index in [2.05, 4.69) is 157 Å². The Hall–Kier alpha value is -4.15. The molecule has 0 radical (unpaired) electrons. The largest absolute Gasteiger partial charge is 0.326 e. The summed E-state index contributed by atoms with van der Waals surface area (Å²) in [6, 6.07) is 42.6. The Morgan fingerprint density at radius 3 is 1.67 bits per heavy atom. The summed E-state index contributed by atoms with van der Waals surface area (Å²) in [6.45, 7) is 2.23. The minimum atomic E-state index is -0.625. The van der Waals surface area contributed by atoms with E-state index in [4.69, 9.17) is 0 Å². The first-order chi connectivity index (χ1) is 19.3. The van der Waals surface area contributed by atoms with Gasteiger partial charge in [0, 0.05) is 12.4 Å². The van der Waals surface area contributed by atoms with Gasteiger partial charge in [0.05, 0.1) is 21.0 Å². The molecule has 4 heteroatoms. The summed E-state index contributed by atoms with van der Waals surface area (Å²) in [7, 11) is 1.45. The second kappa shape index (κ2) is 14.7. The fourth-order valence-electron chi connectivity index (χ4n) is 4.99. The third-order valence-electron chi connectivity index (χ3n) is 6.94. The highest BCUT2D eigenvalue weighted by Gasteiger charge is 2.34. The van der Waals surface area contributed by atoms with E-state index in [0.29, 0.717) is 0 Å². The molecule has 0 unspecified atom stereocenters. The average Bonchev–Trinajstić information content (AvgIpc) is 3.56. The minimum Gasteiger partial charge on any atom is -0.326 e. The molecule has 194 valence electrons. The van der Waals surface area contributed by atoms with Crippen molar-refractivity contribution in [2.45, 2.75) is 24.9 Å². The van der Waals surface area contributed by atoms with Crippen molar-refractivity contribution in [3.63, 3.8) is 0 Å². The zero-order chi connectivity index (χ0) is 27.2. The summed E-state index contributed by atoms with van der Waals surface area (Å²) in [6.07, 6.45) is 10.6. The van der Waals surface area contributed by atoms with Crippen LogP contribution in [0.3, 0.4) is 0 Å². The van der Waals surface area contributed by atoms with Crippen molar-refractivity contribution < 1.29 is 0 Å². The molecule has 0 atom stereocenters. The summed E-state index contributed by atoms with van der Waals surface area (Å²) in [5, 5.41) is -0.136. The molecule has 0 spiro atoms. The van der Waals surface area contributed by atoms with Crippen LogP contribution in [0.5, 0.6) is 0 Å². The van der Waals surface area contributed by atoms with E-state index >= 15 is 0 Å². The predicted molar refractivity (Wildman–Crippen MR) is 172 cm³/mol. The first kappa shape index (κ1) is 27.9. The van der Waals surface area contributed by atoms with E-state index in [1.54, 1.807) is 0 Å². The Bertz CT molecular complexity index is 1330. The molecule has 0 aliphatic rings. The van der Waals surface area contributed by atoms with Gasteiger partial charge in [-0.3, -0.25) is 0 Å². The molecule has 5 aromatic rings. The van der Waals surface area contributed by atoms with Crippen molar-refractivity contribution in [3.8, 4) is 0 Å². The van der Waals surface area contributed by atoms with Crippen LogP contribution in [-0.4, -0.2) is 26.9 Å². The lowest BCUT2D eigenvalue weighted by Crippen LogP contribution is -2.41. The zero-order valence-electron chi connectivity index (χ0n) is 23.0. The molecule has 0 saturated heterocycles. The topological polar surface area (TPSA) is 17.8 Å². The molecule has 39 heavy (non-hydrogen) atoms. The molecular formula is C35H37BN2Si. The van der Waals surface area contributed by atoms with Gasteiger partial charge in [-0.25, -0.2) is 4.98 Å². The first-order valence-corrected chi connectivity index (χ1v) is 15.3. The molecule has 2 nitrogen and oxygen atoms in total. The van der Waals surface area contributed by atoms with E-state index in [1.165, 1.54) is 34.2 Å². The summed E-state index contributed by atoms with van der Waals surface area (Å²) < 4.78 is 2.29. The van der Waals surface area contributed by atoms with E-state index in [0.717, 1.165) is 6.42 Å². The van der Waals surface area contributed by atoms with Crippen LogP contribution in [0.25, 0.3) is 5.57 Å². The van der Waals surface area contributed by atoms with E-state index in [-0.39, 0.29) is 5.16 Å². The SMILES string of the molecule is BC=C(c1ccccc1)c1ccccc1.CCCC=C[SiH2]C(c1ccccc1)(c1ccccc1)n1ccnc1. The Kier molecular flexibility index (Phi) is 10.5. The zero-order valence-corrected chi connectivity index (χ0v) is 24.4. The lowest BCUT2D eigenvalue weighted by molar-refractivity contribution is 0.596. The standard InChI is InChI=1S/C21H24N2Si.C14H13B/c1-2-3-10-17-24-21(23-16-15-22-18-23,19-11-6-4-7-12-19)20-13-8-5-9-14-20;15-11-14(12-7-3-1-4-8-12)13-9-5-2-6-10-13/h4-18H,2-3,24H2,1H3;1-11H,15H2. The van der Waals surface area contributed by atoms with Gasteiger partial charge in [0.1, 0.15) is 7.85 Å². The maximum absolute atomic E-state index is 4.34. The number of allylic oxidation sites excluding steroid dienone is 1. The van der Waals surface area contributed by atoms with Crippen LogP contribution in [0.1, 0.15) is 42.0 Å². The van der Waals surface area contributed by atoms with E-state index < -0.39 is 9.52 Å². The number of rotatable bonds is 9. The van der Waals surface area contributed by atoms with Gasteiger partial charge >= 0.3 is 0 Å². The van der Waals surface area contributed by atoms with Crippen LogP contribution in [0.15, 0.2) is 158 Å². The molecule has 0 bridgehead atoms. The molecule has 0 aliphatic carbocycles. The number of unbranched alkanes of at least 4 members (excludes halogenated alkanes) is 1. The lowest BCUT2D eigenvalue weighted by atomic mass is 9.92. The molecule has 0 amide bonds.